The van der Waals surface area contributed by atoms with Gasteiger partial charge in [0, 0.05) is 22.8 Å². The number of benzene rings is 2. The molecule has 130 valence electrons. The van der Waals surface area contributed by atoms with Crippen molar-refractivity contribution < 1.29 is 13.7 Å². The predicted octanol–water partition coefficient (Wildman–Crippen LogP) is 5.79. The fourth-order valence-electron chi connectivity index (χ4n) is 2.15. The summed E-state index contributed by atoms with van der Waals surface area (Å²) < 4.78 is 24.9. The first-order chi connectivity index (χ1) is 11.9. The number of aromatic nitrogens is 2. The normalized spacial score (nSPS) is 12.0. The van der Waals surface area contributed by atoms with Gasteiger partial charge < -0.3 is 14.6 Å². The molecule has 0 spiro atoms. The molecular weight excluding hydrogens is 368 g/mol. The predicted molar refractivity (Wildman–Crippen MR) is 94.0 cm³/mol. The van der Waals surface area contributed by atoms with Gasteiger partial charge in [-0.05, 0) is 38.1 Å². The molecule has 8 heteroatoms. The zero-order valence-corrected chi connectivity index (χ0v) is 14.9. The van der Waals surface area contributed by atoms with E-state index in [1.165, 1.54) is 18.2 Å². The van der Waals surface area contributed by atoms with E-state index < -0.39 is 5.82 Å². The maximum Gasteiger partial charge on any atom is 0.248 e. The minimum Gasteiger partial charge on any atom is -0.453 e. The number of rotatable bonds is 5. The summed E-state index contributed by atoms with van der Waals surface area (Å²) in [6, 6.07) is 8.96. The van der Waals surface area contributed by atoms with Crippen molar-refractivity contribution in [2.24, 2.45) is 0 Å². The Bertz CT molecular complexity index is 901. The van der Waals surface area contributed by atoms with Gasteiger partial charge in [-0.1, -0.05) is 28.4 Å². The highest BCUT2D eigenvalue weighted by atomic mass is 35.5. The molecule has 1 N–H and O–H groups in total. The summed E-state index contributed by atoms with van der Waals surface area (Å²) in [5, 5.41) is 7.60. The molecular formula is C17H14Cl2FN3O2. The minimum absolute atomic E-state index is 0.0380. The van der Waals surface area contributed by atoms with Gasteiger partial charge in [-0.15, -0.1) is 0 Å². The van der Waals surface area contributed by atoms with Gasteiger partial charge in [0.1, 0.15) is 11.8 Å². The van der Waals surface area contributed by atoms with Crippen molar-refractivity contribution in [3.63, 3.8) is 0 Å². The molecule has 2 aromatic carbocycles. The average Bonchev–Trinajstić information content (AvgIpc) is 3.00. The number of nitrogens with one attached hydrogen (secondary N) is 1. The summed E-state index contributed by atoms with van der Waals surface area (Å²) in [5.41, 5.74) is 0.547. The molecule has 0 aliphatic rings. The molecule has 0 saturated heterocycles. The molecule has 0 aliphatic carbocycles. The van der Waals surface area contributed by atoms with Gasteiger partial charge >= 0.3 is 0 Å². The third-order valence-corrected chi connectivity index (χ3v) is 3.89. The van der Waals surface area contributed by atoms with Crippen molar-refractivity contribution in [2.45, 2.75) is 19.9 Å². The van der Waals surface area contributed by atoms with E-state index in [4.69, 9.17) is 32.5 Å². The third kappa shape index (κ3) is 4.21. The second kappa shape index (κ2) is 7.29. The van der Waals surface area contributed by atoms with Crippen LogP contribution in [0.3, 0.4) is 0 Å². The van der Waals surface area contributed by atoms with Crippen LogP contribution in [0.2, 0.25) is 10.0 Å². The average molecular weight is 382 g/mol. The number of nitrogens with zero attached hydrogens (tertiary/aromatic N) is 2. The van der Waals surface area contributed by atoms with Crippen LogP contribution in [0.15, 0.2) is 40.9 Å². The first-order valence-electron chi connectivity index (χ1n) is 7.41. The van der Waals surface area contributed by atoms with Gasteiger partial charge in [-0.3, -0.25) is 0 Å². The number of anilines is 1. The molecule has 3 aromatic rings. The molecule has 0 radical (unpaired) electrons. The molecule has 25 heavy (non-hydrogen) atoms. The number of aryl methyl sites for hydroxylation is 1. The Labute approximate surface area is 153 Å². The molecule has 0 saturated carbocycles. The van der Waals surface area contributed by atoms with Gasteiger partial charge in [-0.2, -0.15) is 4.98 Å². The molecule has 0 fully saturated rings. The van der Waals surface area contributed by atoms with Crippen LogP contribution in [0.1, 0.15) is 24.7 Å². The Morgan fingerprint density at radius 2 is 1.96 bits per heavy atom. The number of hydrogen-bond acceptors (Lipinski definition) is 5. The maximum absolute atomic E-state index is 14.3. The van der Waals surface area contributed by atoms with Crippen LogP contribution < -0.4 is 10.1 Å². The van der Waals surface area contributed by atoms with Crippen LogP contribution in [0, 0.1) is 12.7 Å². The summed E-state index contributed by atoms with van der Waals surface area (Å²) in [7, 11) is 0. The first-order valence-corrected chi connectivity index (χ1v) is 8.17. The molecule has 1 atom stereocenters. The Balaban J connectivity index is 1.75. The molecule has 5 nitrogen and oxygen atoms in total. The van der Waals surface area contributed by atoms with E-state index in [2.05, 4.69) is 15.5 Å². The topological polar surface area (TPSA) is 60.2 Å². The summed E-state index contributed by atoms with van der Waals surface area (Å²) in [5.74, 6) is 0.732. The third-order valence-electron chi connectivity index (χ3n) is 3.34. The zero-order chi connectivity index (χ0) is 18.0. The largest absolute Gasteiger partial charge is 0.453 e. The first kappa shape index (κ1) is 17.5. The maximum atomic E-state index is 14.3. The number of ether oxygens (including phenoxy) is 1. The second-order valence-corrected chi connectivity index (χ2v) is 6.21. The standard InChI is InChI=1S/C17H14Cl2FN3O2/c1-9(17-22-10(2)23-25-17)21-12-4-6-15(14(20)8-12)24-16-7-11(18)3-5-13(16)19/h3-9,21H,1-2H3/t9-/m1/s1. The van der Waals surface area contributed by atoms with Crippen molar-refractivity contribution in [3.8, 4) is 11.5 Å². The number of hydrogen-bond donors (Lipinski definition) is 1. The summed E-state index contributed by atoms with van der Waals surface area (Å²) in [4.78, 5) is 4.13. The van der Waals surface area contributed by atoms with Crippen molar-refractivity contribution in [1.29, 1.82) is 0 Å². The molecule has 0 aliphatic heterocycles. The Hall–Kier alpha value is -2.31. The van der Waals surface area contributed by atoms with Crippen molar-refractivity contribution in [3.05, 3.63) is 64.0 Å². The monoisotopic (exact) mass is 381 g/mol. The van der Waals surface area contributed by atoms with Crippen LogP contribution in [-0.4, -0.2) is 10.1 Å². The highest BCUT2D eigenvalue weighted by Crippen LogP contribution is 2.34. The van der Waals surface area contributed by atoms with Crippen LogP contribution >= 0.6 is 23.2 Å². The van der Waals surface area contributed by atoms with Crippen molar-refractivity contribution >= 4 is 28.9 Å². The van der Waals surface area contributed by atoms with E-state index in [0.717, 1.165) is 0 Å². The summed E-state index contributed by atoms with van der Waals surface area (Å²) >= 11 is 11.9. The minimum atomic E-state index is -0.546. The lowest BCUT2D eigenvalue weighted by molar-refractivity contribution is 0.364. The van der Waals surface area contributed by atoms with Crippen LogP contribution in [0.25, 0.3) is 0 Å². The fourth-order valence-corrected chi connectivity index (χ4v) is 2.47. The lowest BCUT2D eigenvalue weighted by Gasteiger charge is -2.13. The lowest BCUT2D eigenvalue weighted by atomic mass is 10.2. The van der Waals surface area contributed by atoms with Gasteiger partial charge in [-0.25, -0.2) is 4.39 Å². The van der Waals surface area contributed by atoms with Gasteiger partial charge in [0.05, 0.1) is 5.02 Å². The summed E-state index contributed by atoms with van der Waals surface area (Å²) in [6.45, 7) is 3.56. The Morgan fingerprint density at radius 3 is 2.64 bits per heavy atom. The van der Waals surface area contributed by atoms with Crippen LogP contribution in [0.5, 0.6) is 11.5 Å². The quantitative estimate of drug-likeness (QED) is 0.605. The summed E-state index contributed by atoms with van der Waals surface area (Å²) in [6.07, 6.45) is 0. The zero-order valence-electron chi connectivity index (χ0n) is 13.4. The molecule has 3 rings (SSSR count). The van der Waals surface area contributed by atoms with E-state index in [0.29, 0.717) is 27.4 Å². The molecule has 0 amide bonds. The highest BCUT2D eigenvalue weighted by molar-refractivity contribution is 6.34. The van der Waals surface area contributed by atoms with Gasteiger partial charge in [0.25, 0.3) is 0 Å². The second-order valence-electron chi connectivity index (χ2n) is 5.37. The van der Waals surface area contributed by atoms with Crippen LogP contribution in [-0.2, 0) is 0 Å². The van der Waals surface area contributed by atoms with E-state index >= 15 is 0 Å². The van der Waals surface area contributed by atoms with Crippen molar-refractivity contribution in [2.75, 3.05) is 5.32 Å². The van der Waals surface area contributed by atoms with Crippen LogP contribution in [0.4, 0.5) is 10.1 Å². The van der Waals surface area contributed by atoms with Crippen molar-refractivity contribution in [1.82, 2.24) is 10.1 Å². The Morgan fingerprint density at radius 1 is 1.16 bits per heavy atom. The highest BCUT2D eigenvalue weighted by Gasteiger charge is 2.14. The van der Waals surface area contributed by atoms with E-state index in [1.807, 2.05) is 6.92 Å². The fraction of sp³-hybridized carbons (Fsp3) is 0.176. The molecule has 0 bridgehead atoms. The lowest BCUT2D eigenvalue weighted by Crippen LogP contribution is -2.07. The van der Waals surface area contributed by atoms with E-state index in [1.54, 1.807) is 25.1 Å². The molecule has 1 aromatic heterocycles. The van der Waals surface area contributed by atoms with E-state index in [9.17, 15) is 4.39 Å². The smallest absolute Gasteiger partial charge is 0.248 e. The molecule has 0 unspecified atom stereocenters. The van der Waals surface area contributed by atoms with Gasteiger partial charge in [0.2, 0.25) is 5.89 Å². The Kier molecular flexibility index (Phi) is 5.11. The van der Waals surface area contributed by atoms with E-state index in [-0.39, 0.29) is 17.5 Å². The SMILES string of the molecule is Cc1noc([C@@H](C)Nc2ccc(Oc3cc(Cl)ccc3Cl)c(F)c2)n1. The number of halogens is 3. The van der Waals surface area contributed by atoms with Gasteiger partial charge in [0.15, 0.2) is 17.4 Å². The molecule has 1 heterocycles.